The molecule has 5 nitrogen and oxygen atoms in total. The molecule has 0 aliphatic heterocycles. The van der Waals surface area contributed by atoms with Gasteiger partial charge in [-0.2, -0.15) is 0 Å². The van der Waals surface area contributed by atoms with Crippen LogP contribution in [0.2, 0.25) is 0 Å². The molecule has 9 heteroatoms. The van der Waals surface area contributed by atoms with Gasteiger partial charge < -0.3 is 30.4 Å². The monoisotopic (exact) mass is 326 g/mol. The summed E-state index contributed by atoms with van der Waals surface area (Å²) in [7, 11) is -4.61. The Morgan fingerprint density at radius 1 is 1.00 bits per heavy atom. The molecule has 0 aliphatic rings. The van der Waals surface area contributed by atoms with Gasteiger partial charge in [0, 0.05) is 0 Å². The Morgan fingerprint density at radius 3 is 1.00 bits per heavy atom. The Hall–Kier alpha value is 3.38. The first-order valence-electron chi connectivity index (χ1n) is 0.894. The van der Waals surface area contributed by atoms with Gasteiger partial charge in [-0.25, -0.2) is 0 Å². The quantitative estimate of drug-likeness (QED) is 0.334. The van der Waals surface area contributed by atoms with Crippen molar-refractivity contribution in [3.05, 3.63) is 0 Å². The summed E-state index contributed by atoms with van der Waals surface area (Å²) in [6.07, 6.45) is 0. The van der Waals surface area contributed by atoms with E-state index in [1.165, 1.54) is 0 Å². The van der Waals surface area contributed by atoms with E-state index in [2.05, 4.69) is 0 Å². The maximum absolute atomic E-state index is 7.33. The fraction of sp³-hybridized carbons (Fsp3) is 0. The standard InChI is InChI=1S/Al.Ba.Ca.H4O4Si.H2O.7H/c;;;1-5(2,3)4;;;;;;;;/h;;;1-4H;1H2;;;;;;;/q;2*+2;;;;;;4*-1. The predicted octanol–water partition coefficient (Wildman–Crippen LogP) is -4.93. The fourth-order valence-corrected chi connectivity index (χ4v) is 0. The summed E-state index contributed by atoms with van der Waals surface area (Å²) in [6, 6.07) is 0. The van der Waals surface area contributed by atoms with Crippen LogP contribution in [0.5, 0.6) is 0 Å². The summed E-state index contributed by atoms with van der Waals surface area (Å²) >= 11 is 0. The molecule has 0 unspecified atom stereocenters. The summed E-state index contributed by atoms with van der Waals surface area (Å²) in [5.74, 6) is 0. The van der Waals surface area contributed by atoms with Gasteiger partial charge in [0.1, 0.15) is 0 Å². The van der Waals surface area contributed by atoms with E-state index < -0.39 is 9.05 Å². The van der Waals surface area contributed by atoms with Gasteiger partial charge in [0.05, 0.1) is 0 Å². The zero-order valence-corrected chi connectivity index (χ0v) is 11.9. The van der Waals surface area contributed by atoms with Crippen molar-refractivity contribution in [1.82, 2.24) is 0 Å². The van der Waals surface area contributed by atoms with Gasteiger partial charge in [-0.3, -0.25) is 0 Å². The summed E-state index contributed by atoms with van der Waals surface area (Å²) in [5.41, 5.74) is 0. The molecule has 9 heavy (non-hydrogen) atoms. The Morgan fingerprint density at radius 2 is 1.00 bits per heavy atom. The van der Waals surface area contributed by atoms with Crippen LogP contribution in [-0.4, -0.2) is 138 Å². The average molecular weight is 326 g/mol. The van der Waals surface area contributed by atoms with E-state index in [0.29, 0.717) is 0 Å². The van der Waals surface area contributed by atoms with Crippen LogP contribution < -0.4 is 0 Å². The van der Waals surface area contributed by atoms with Gasteiger partial charge in [-0.05, 0) is 0 Å². The molecule has 0 aromatic rings. The van der Waals surface area contributed by atoms with Crippen molar-refractivity contribution in [3.63, 3.8) is 0 Å². The maximum atomic E-state index is 7.33. The van der Waals surface area contributed by atoms with Crippen molar-refractivity contribution >= 4 is 113 Å². The molecule has 0 aromatic carbocycles. The minimum atomic E-state index is -4.61. The molecule has 0 atom stereocenters. The van der Waals surface area contributed by atoms with E-state index in [-0.39, 0.29) is 115 Å². The zero-order chi connectivity index (χ0) is 4.50. The van der Waals surface area contributed by atoms with Crippen LogP contribution in [-0.2, 0) is 0 Å². The molecule has 0 saturated heterocycles. The van der Waals surface area contributed by atoms with E-state index in [9.17, 15) is 0 Å². The topological polar surface area (TPSA) is 112 Å². The van der Waals surface area contributed by atoms with Crippen molar-refractivity contribution in [2.24, 2.45) is 0 Å². The molecule has 0 rings (SSSR count). The van der Waals surface area contributed by atoms with Gasteiger partial charge >= 0.3 is 95.7 Å². The summed E-state index contributed by atoms with van der Waals surface area (Å²) < 4.78 is 0. The predicted molar refractivity (Wildman–Crippen MR) is 44.1 cm³/mol. The van der Waals surface area contributed by atoms with Gasteiger partial charge in [-0.15, -0.1) is 0 Å². The third-order valence-electron chi connectivity index (χ3n) is 0. The molecule has 0 radical (unpaired) electrons. The molecule has 0 aliphatic carbocycles. The molecule has 0 saturated carbocycles. The van der Waals surface area contributed by atoms with E-state index in [0.717, 1.165) is 0 Å². The number of hydrogen-bond donors (Lipinski definition) is 4. The van der Waals surface area contributed by atoms with Crippen LogP contribution in [0.3, 0.4) is 0 Å². The summed E-state index contributed by atoms with van der Waals surface area (Å²) in [4.78, 5) is 29.3. The minimum Gasteiger partial charge on any atom is -1.00 e. The second-order valence-electron chi connectivity index (χ2n) is 0.600. The van der Waals surface area contributed by atoms with Crippen LogP contribution in [0, 0.1) is 0 Å². The number of rotatable bonds is 0. The largest absolute Gasteiger partial charge is 2.00 e. The van der Waals surface area contributed by atoms with Crippen LogP contribution in [0.4, 0.5) is 0 Å². The normalized spacial score (nSPS) is 6.67. The van der Waals surface area contributed by atoms with Crippen LogP contribution in [0.1, 0.15) is 5.71 Å². The van der Waals surface area contributed by atoms with Gasteiger partial charge in [0.2, 0.25) is 0 Å². The smallest absolute Gasteiger partial charge is 1.00 e. The maximum Gasteiger partial charge on any atom is 2.00 e. The SMILES string of the molecule is O.O[Si](O)(O)O.[AlH3].[Ba+2].[Ca+2].[H-].[H-].[H-].[H-]. The van der Waals surface area contributed by atoms with Gasteiger partial charge in [0.25, 0.3) is 0 Å². The van der Waals surface area contributed by atoms with Crippen LogP contribution in [0.25, 0.3) is 0 Å². The van der Waals surface area contributed by atoms with Crippen molar-refractivity contribution < 1.29 is 30.4 Å². The zero-order valence-electron chi connectivity index (χ0n) is 8.20. The van der Waals surface area contributed by atoms with Gasteiger partial charge in [-0.1, -0.05) is 0 Å². The Balaban J connectivity index is -0.00000000286. The number of hydrogen-bond acceptors (Lipinski definition) is 4. The Bertz CT molecular complexity index is 44.0. The molecule has 0 bridgehead atoms. The van der Waals surface area contributed by atoms with E-state index in [4.69, 9.17) is 19.2 Å². The molecule has 0 spiro atoms. The average Bonchev–Trinajstić information content (AvgIpc) is 0.722. The van der Waals surface area contributed by atoms with E-state index in [1.807, 2.05) is 0 Å². The molecule has 0 aromatic heterocycles. The van der Waals surface area contributed by atoms with E-state index >= 15 is 0 Å². The molecule has 54 valence electrons. The summed E-state index contributed by atoms with van der Waals surface area (Å²) in [6.45, 7) is 0. The van der Waals surface area contributed by atoms with Crippen molar-refractivity contribution in [2.75, 3.05) is 0 Å². The third kappa shape index (κ3) is 87.6. The minimum absolute atomic E-state index is 0. The first-order valence-corrected chi connectivity index (χ1v) is 2.68. The first kappa shape index (κ1) is 29.4. The first-order chi connectivity index (χ1) is 2.00. The molecular formula is H13AlBaCaO5Si. The molecule has 0 heterocycles. The molecule has 0 amide bonds. The Labute approximate surface area is 140 Å². The van der Waals surface area contributed by atoms with Crippen molar-refractivity contribution in [3.8, 4) is 0 Å². The fourth-order valence-electron chi connectivity index (χ4n) is 0. The van der Waals surface area contributed by atoms with Crippen LogP contribution >= 0.6 is 0 Å². The van der Waals surface area contributed by atoms with Crippen molar-refractivity contribution in [1.29, 1.82) is 0 Å². The van der Waals surface area contributed by atoms with Crippen LogP contribution in [0.15, 0.2) is 0 Å². The molecule has 6 N–H and O–H groups in total. The van der Waals surface area contributed by atoms with E-state index in [1.54, 1.807) is 0 Å². The molecule has 0 fully saturated rings. The van der Waals surface area contributed by atoms with Gasteiger partial charge in [0.15, 0.2) is 17.4 Å². The second-order valence-corrected chi connectivity index (χ2v) is 1.80. The third-order valence-corrected chi connectivity index (χ3v) is 0. The van der Waals surface area contributed by atoms with Crippen molar-refractivity contribution in [2.45, 2.75) is 0 Å². The Kier molecular flexibility index (Phi) is 45.6. The molecular weight excluding hydrogens is 312 g/mol. The second kappa shape index (κ2) is 13.9. The summed E-state index contributed by atoms with van der Waals surface area (Å²) in [5, 5.41) is 0.